The van der Waals surface area contributed by atoms with E-state index in [2.05, 4.69) is 10.1 Å². The van der Waals surface area contributed by atoms with Crippen LogP contribution in [-0.2, 0) is 6.54 Å². The summed E-state index contributed by atoms with van der Waals surface area (Å²) in [5.74, 6) is 0.689. The topological polar surface area (TPSA) is 60.0 Å². The second-order valence-electron chi connectivity index (χ2n) is 4.13. The van der Waals surface area contributed by atoms with Crippen molar-refractivity contribution < 1.29 is 8.78 Å². The number of hydrogen-bond donors (Lipinski definition) is 1. The van der Waals surface area contributed by atoms with Gasteiger partial charge in [-0.2, -0.15) is 5.10 Å². The Hall–Kier alpha value is -1.08. The number of nitrogens with zero attached hydrogens (tertiary/aromatic N) is 4. The van der Waals surface area contributed by atoms with E-state index in [1.165, 1.54) is 6.33 Å². The monoisotopic (exact) mass is 247 g/mol. The fourth-order valence-electron chi connectivity index (χ4n) is 1.63. The van der Waals surface area contributed by atoms with Crippen LogP contribution in [0.2, 0.25) is 0 Å². The predicted octanol–water partition coefficient (Wildman–Crippen LogP) is 0.885. The van der Waals surface area contributed by atoms with Gasteiger partial charge in [-0.1, -0.05) is 0 Å². The van der Waals surface area contributed by atoms with Crippen LogP contribution < -0.4 is 5.73 Å². The van der Waals surface area contributed by atoms with Crippen molar-refractivity contribution in [1.29, 1.82) is 0 Å². The minimum atomic E-state index is -2.36. The van der Waals surface area contributed by atoms with Gasteiger partial charge in [0.2, 0.25) is 0 Å². The van der Waals surface area contributed by atoms with Crippen LogP contribution in [0.4, 0.5) is 8.78 Å². The van der Waals surface area contributed by atoms with Gasteiger partial charge in [0, 0.05) is 19.1 Å². The molecule has 0 fully saturated rings. The van der Waals surface area contributed by atoms with Crippen LogP contribution in [-0.4, -0.2) is 45.7 Å². The summed E-state index contributed by atoms with van der Waals surface area (Å²) >= 11 is 0. The molecule has 0 aliphatic heterocycles. The summed E-state index contributed by atoms with van der Waals surface area (Å²) in [7, 11) is 0. The number of rotatable bonds is 7. The number of aromatic nitrogens is 3. The van der Waals surface area contributed by atoms with E-state index >= 15 is 0 Å². The molecule has 1 heterocycles. The molecule has 0 unspecified atom stereocenters. The highest BCUT2D eigenvalue weighted by atomic mass is 19.3. The maximum atomic E-state index is 12.4. The molecule has 0 aliphatic carbocycles. The van der Waals surface area contributed by atoms with Crippen molar-refractivity contribution in [2.45, 2.75) is 32.9 Å². The van der Waals surface area contributed by atoms with E-state index in [1.54, 1.807) is 9.58 Å². The van der Waals surface area contributed by atoms with Crippen molar-refractivity contribution in [2.75, 3.05) is 19.6 Å². The molecule has 0 aliphatic rings. The van der Waals surface area contributed by atoms with Crippen LogP contribution in [0.15, 0.2) is 6.33 Å². The van der Waals surface area contributed by atoms with Crippen molar-refractivity contribution in [3.05, 3.63) is 12.2 Å². The molecule has 5 nitrogen and oxygen atoms in total. The summed E-state index contributed by atoms with van der Waals surface area (Å²) in [4.78, 5) is 5.68. The summed E-state index contributed by atoms with van der Waals surface area (Å²) in [6, 6.07) is 0.166. The van der Waals surface area contributed by atoms with E-state index in [0.29, 0.717) is 25.5 Å². The summed E-state index contributed by atoms with van der Waals surface area (Å²) in [6.07, 6.45) is -0.921. The summed E-state index contributed by atoms with van der Waals surface area (Å²) in [6.45, 7) is 4.77. The third kappa shape index (κ3) is 4.35. The maximum Gasteiger partial charge on any atom is 0.251 e. The highest BCUT2D eigenvalue weighted by molar-refractivity contribution is 4.86. The van der Waals surface area contributed by atoms with Crippen molar-refractivity contribution in [2.24, 2.45) is 5.73 Å². The van der Waals surface area contributed by atoms with Crippen molar-refractivity contribution >= 4 is 0 Å². The molecule has 0 saturated carbocycles. The van der Waals surface area contributed by atoms with Crippen molar-refractivity contribution in [3.63, 3.8) is 0 Å². The van der Waals surface area contributed by atoms with E-state index in [0.717, 1.165) is 0 Å². The molecule has 1 aromatic heterocycles. The van der Waals surface area contributed by atoms with E-state index in [4.69, 9.17) is 5.73 Å². The van der Waals surface area contributed by atoms with Gasteiger partial charge >= 0.3 is 0 Å². The molecule has 0 aromatic carbocycles. The first-order valence-corrected chi connectivity index (χ1v) is 5.63. The average Bonchev–Trinajstić information content (AvgIpc) is 2.65. The Bertz CT molecular complexity index is 326. The second kappa shape index (κ2) is 6.61. The molecular formula is C10H19F2N5. The standard InChI is InChI=1S/C10H19F2N5/c1-8(2)17-10(14-7-15-17)6-16(4-3-13)5-9(11)12/h7-9H,3-6,13H2,1-2H3. The van der Waals surface area contributed by atoms with E-state index in [1.807, 2.05) is 13.8 Å². The molecule has 98 valence electrons. The lowest BCUT2D eigenvalue weighted by atomic mass is 10.3. The lowest BCUT2D eigenvalue weighted by molar-refractivity contribution is 0.0841. The fraction of sp³-hybridized carbons (Fsp3) is 0.800. The van der Waals surface area contributed by atoms with Gasteiger partial charge in [0.05, 0.1) is 13.1 Å². The average molecular weight is 247 g/mol. The summed E-state index contributed by atoms with van der Waals surface area (Å²) in [5, 5.41) is 4.07. The first kappa shape index (κ1) is 14.0. The van der Waals surface area contributed by atoms with Crippen molar-refractivity contribution in [1.82, 2.24) is 19.7 Å². The van der Waals surface area contributed by atoms with Gasteiger partial charge in [-0.15, -0.1) is 0 Å². The van der Waals surface area contributed by atoms with Gasteiger partial charge in [0.25, 0.3) is 6.43 Å². The third-order valence-electron chi connectivity index (χ3n) is 2.34. The molecule has 0 bridgehead atoms. The highest BCUT2D eigenvalue weighted by Crippen LogP contribution is 2.09. The van der Waals surface area contributed by atoms with Crippen LogP contribution in [0.5, 0.6) is 0 Å². The first-order chi connectivity index (χ1) is 8.04. The zero-order valence-electron chi connectivity index (χ0n) is 10.2. The number of alkyl halides is 2. The molecule has 7 heteroatoms. The fourth-order valence-corrected chi connectivity index (χ4v) is 1.63. The van der Waals surface area contributed by atoms with Crippen LogP contribution in [0.3, 0.4) is 0 Å². The molecule has 0 spiro atoms. The Labute approximate surface area is 99.6 Å². The van der Waals surface area contributed by atoms with Crippen LogP contribution >= 0.6 is 0 Å². The first-order valence-electron chi connectivity index (χ1n) is 5.63. The minimum Gasteiger partial charge on any atom is -0.329 e. The third-order valence-corrected chi connectivity index (χ3v) is 2.34. The maximum absolute atomic E-state index is 12.4. The van der Waals surface area contributed by atoms with E-state index in [-0.39, 0.29) is 12.6 Å². The smallest absolute Gasteiger partial charge is 0.251 e. The van der Waals surface area contributed by atoms with Gasteiger partial charge in [-0.25, -0.2) is 18.4 Å². The van der Waals surface area contributed by atoms with E-state index < -0.39 is 6.43 Å². The van der Waals surface area contributed by atoms with Gasteiger partial charge in [-0.05, 0) is 13.8 Å². The molecule has 0 atom stereocenters. The zero-order valence-corrected chi connectivity index (χ0v) is 10.2. The van der Waals surface area contributed by atoms with Crippen LogP contribution in [0, 0.1) is 0 Å². The van der Waals surface area contributed by atoms with Gasteiger partial charge in [0.15, 0.2) is 0 Å². The van der Waals surface area contributed by atoms with Gasteiger partial charge in [0.1, 0.15) is 12.2 Å². The Morgan fingerprint density at radius 1 is 1.47 bits per heavy atom. The quantitative estimate of drug-likeness (QED) is 0.777. The lowest BCUT2D eigenvalue weighted by Crippen LogP contribution is -2.34. The number of halogens is 2. The van der Waals surface area contributed by atoms with Crippen LogP contribution in [0.25, 0.3) is 0 Å². The molecule has 0 radical (unpaired) electrons. The molecule has 17 heavy (non-hydrogen) atoms. The predicted molar refractivity (Wildman–Crippen MR) is 60.7 cm³/mol. The van der Waals surface area contributed by atoms with E-state index in [9.17, 15) is 8.78 Å². The summed E-state index contributed by atoms with van der Waals surface area (Å²) < 4.78 is 26.5. The Balaban J connectivity index is 2.67. The highest BCUT2D eigenvalue weighted by Gasteiger charge is 2.15. The molecule has 1 rings (SSSR count). The second-order valence-corrected chi connectivity index (χ2v) is 4.13. The van der Waals surface area contributed by atoms with Crippen molar-refractivity contribution in [3.8, 4) is 0 Å². The Morgan fingerprint density at radius 2 is 2.18 bits per heavy atom. The molecule has 0 amide bonds. The Kier molecular flexibility index (Phi) is 5.43. The molecular weight excluding hydrogens is 228 g/mol. The number of nitrogens with two attached hydrogens (primary N) is 1. The molecule has 2 N–H and O–H groups in total. The lowest BCUT2D eigenvalue weighted by Gasteiger charge is -2.21. The largest absolute Gasteiger partial charge is 0.329 e. The molecule has 0 saturated heterocycles. The van der Waals surface area contributed by atoms with Crippen LogP contribution in [0.1, 0.15) is 25.7 Å². The minimum absolute atomic E-state index is 0.166. The SMILES string of the molecule is CC(C)n1ncnc1CN(CCN)CC(F)F. The molecule has 1 aromatic rings. The van der Waals surface area contributed by atoms with Gasteiger partial charge in [-0.3, -0.25) is 4.90 Å². The number of hydrogen-bond acceptors (Lipinski definition) is 4. The normalized spacial score (nSPS) is 12.0. The zero-order chi connectivity index (χ0) is 12.8. The summed E-state index contributed by atoms with van der Waals surface area (Å²) in [5.41, 5.74) is 5.40. The Morgan fingerprint density at radius 3 is 2.71 bits per heavy atom. The van der Waals surface area contributed by atoms with Gasteiger partial charge < -0.3 is 5.73 Å².